The zero-order chi connectivity index (χ0) is 20.9. The Balaban J connectivity index is 1.28. The third-order valence-electron chi connectivity index (χ3n) is 5.21. The van der Waals surface area contributed by atoms with Crippen LogP contribution in [0.3, 0.4) is 0 Å². The van der Waals surface area contributed by atoms with E-state index in [0.29, 0.717) is 30.2 Å². The lowest BCUT2D eigenvalue weighted by Crippen LogP contribution is -2.26. The molecule has 5 heteroatoms. The minimum Gasteiger partial charge on any atom is -0.507 e. The zero-order valence-electron chi connectivity index (χ0n) is 16.3. The maximum Gasteiger partial charge on any atom is 0.407 e. The van der Waals surface area contributed by atoms with E-state index in [1.54, 1.807) is 18.2 Å². The van der Waals surface area contributed by atoms with Crippen molar-refractivity contribution in [1.82, 2.24) is 5.32 Å². The summed E-state index contributed by atoms with van der Waals surface area (Å²) >= 11 is 5.82. The third-order valence-corrected chi connectivity index (χ3v) is 5.45. The van der Waals surface area contributed by atoms with Crippen LogP contribution in [0.25, 0.3) is 17.2 Å². The number of rotatable bonds is 6. The normalized spacial score (nSPS) is 12.6. The molecule has 152 valence electrons. The second kappa shape index (κ2) is 9.06. The minimum atomic E-state index is -0.431. The van der Waals surface area contributed by atoms with Crippen LogP contribution in [0.2, 0.25) is 5.02 Å². The molecule has 0 bridgehead atoms. The Labute approximate surface area is 180 Å². The quantitative estimate of drug-likeness (QED) is 0.482. The Hall–Kier alpha value is -3.24. The maximum absolute atomic E-state index is 12.1. The van der Waals surface area contributed by atoms with Crippen molar-refractivity contribution in [3.63, 3.8) is 0 Å². The lowest BCUT2D eigenvalue weighted by atomic mass is 9.98. The Morgan fingerprint density at radius 2 is 1.70 bits per heavy atom. The van der Waals surface area contributed by atoms with Crippen LogP contribution >= 0.6 is 11.6 Å². The van der Waals surface area contributed by atoms with E-state index in [0.717, 1.165) is 0 Å². The molecule has 30 heavy (non-hydrogen) atoms. The van der Waals surface area contributed by atoms with Crippen LogP contribution in [-0.2, 0) is 4.74 Å². The maximum atomic E-state index is 12.1. The number of aromatic hydroxyl groups is 1. The van der Waals surface area contributed by atoms with Gasteiger partial charge < -0.3 is 15.2 Å². The molecule has 0 spiro atoms. The number of halogens is 1. The van der Waals surface area contributed by atoms with Gasteiger partial charge in [0.15, 0.2) is 0 Å². The van der Waals surface area contributed by atoms with Gasteiger partial charge >= 0.3 is 6.09 Å². The van der Waals surface area contributed by atoms with Gasteiger partial charge in [0.2, 0.25) is 0 Å². The standard InChI is InChI=1S/C25H22ClNO3/c26-18-13-12-17(24(28)15-18)7-5-6-14-27-25(29)30-16-23-21-10-3-1-8-19(21)20-9-2-4-11-22(20)23/h1-5,7-13,15,23,28H,6,14,16H2,(H,27,29). The van der Waals surface area contributed by atoms with Gasteiger partial charge in [-0.3, -0.25) is 0 Å². The molecule has 0 atom stereocenters. The van der Waals surface area contributed by atoms with E-state index in [2.05, 4.69) is 29.6 Å². The monoisotopic (exact) mass is 419 g/mol. The van der Waals surface area contributed by atoms with E-state index in [4.69, 9.17) is 16.3 Å². The van der Waals surface area contributed by atoms with Gasteiger partial charge in [0, 0.05) is 23.0 Å². The third kappa shape index (κ3) is 4.34. The van der Waals surface area contributed by atoms with Crippen LogP contribution in [0.5, 0.6) is 5.75 Å². The number of amides is 1. The molecule has 1 aliphatic carbocycles. The number of nitrogens with one attached hydrogen (secondary N) is 1. The fraction of sp³-hybridized carbons (Fsp3) is 0.160. The number of carbonyl (C=O) groups is 1. The van der Waals surface area contributed by atoms with Crippen LogP contribution in [0.15, 0.2) is 72.8 Å². The number of hydrogen-bond donors (Lipinski definition) is 2. The van der Waals surface area contributed by atoms with E-state index in [-0.39, 0.29) is 11.7 Å². The summed E-state index contributed by atoms with van der Waals surface area (Å²) in [5.41, 5.74) is 5.48. The fourth-order valence-electron chi connectivity index (χ4n) is 3.78. The molecule has 2 N–H and O–H groups in total. The molecule has 0 saturated carbocycles. The van der Waals surface area contributed by atoms with Crippen molar-refractivity contribution in [3.8, 4) is 16.9 Å². The van der Waals surface area contributed by atoms with Crippen molar-refractivity contribution in [2.75, 3.05) is 13.2 Å². The molecule has 0 saturated heterocycles. The number of hydrogen-bond acceptors (Lipinski definition) is 3. The lowest BCUT2D eigenvalue weighted by molar-refractivity contribution is 0.143. The smallest absolute Gasteiger partial charge is 0.407 e. The molecule has 0 fully saturated rings. The first-order chi connectivity index (χ1) is 14.6. The van der Waals surface area contributed by atoms with Gasteiger partial charge in [-0.25, -0.2) is 4.79 Å². The number of fused-ring (bicyclic) bond motifs is 3. The number of phenolic OH excluding ortho intramolecular Hbond substituents is 1. The largest absolute Gasteiger partial charge is 0.507 e. The van der Waals surface area contributed by atoms with Gasteiger partial charge in [-0.2, -0.15) is 0 Å². The molecule has 1 amide bonds. The molecule has 0 aliphatic heterocycles. The second-order valence-corrected chi connectivity index (χ2v) is 7.58. The second-order valence-electron chi connectivity index (χ2n) is 7.15. The van der Waals surface area contributed by atoms with Gasteiger partial charge in [-0.15, -0.1) is 0 Å². The Morgan fingerprint density at radius 3 is 2.37 bits per heavy atom. The summed E-state index contributed by atoms with van der Waals surface area (Å²) in [4.78, 5) is 12.1. The highest BCUT2D eigenvalue weighted by molar-refractivity contribution is 6.30. The first kappa shape index (κ1) is 20.0. The van der Waals surface area contributed by atoms with E-state index >= 15 is 0 Å². The van der Waals surface area contributed by atoms with Crippen LogP contribution in [-0.4, -0.2) is 24.4 Å². The van der Waals surface area contributed by atoms with Gasteiger partial charge in [-0.1, -0.05) is 72.3 Å². The first-order valence-electron chi connectivity index (χ1n) is 9.87. The van der Waals surface area contributed by atoms with Crippen molar-refractivity contribution in [3.05, 3.63) is 94.5 Å². The average molecular weight is 420 g/mol. The Kier molecular flexibility index (Phi) is 6.05. The van der Waals surface area contributed by atoms with Crippen LogP contribution in [0.1, 0.15) is 29.0 Å². The van der Waals surface area contributed by atoms with E-state index in [9.17, 15) is 9.90 Å². The van der Waals surface area contributed by atoms with Crippen LogP contribution < -0.4 is 5.32 Å². The van der Waals surface area contributed by atoms with E-state index in [1.165, 1.54) is 28.3 Å². The molecule has 4 nitrogen and oxygen atoms in total. The number of alkyl carbamates (subject to hydrolysis) is 1. The summed E-state index contributed by atoms with van der Waals surface area (Å²) in [6, 6.07) is 21.5. The molecular formula is C25H22ClNO3. The summed E-state index contributed by atoms with van der Waals surface area (Å²) in [7, 11) is 0. The summed E-state index contributed by atoms with van der Waals surface area (Å²) in [5.74, 6) is 0.180. The SMILES string of the molecule is O=C(NCCC=Cc1ccc(Cl)cc1O)OCC1c2ccccc2-c2ccccc21. The van der Waals surface area contributed by atoms with Crippen molar-refractivity contribution < 1.29 is 14.6 Å². The summed E-state index contributed by atoms with van der Waals surface area (Å²) in [5, 5.41) is 13.1. The minimum absolute atomic E-state index is 0.0518. The summed E-state index contributed by atoms with van der Waals surface area (Å²) < 4.78 is 5.51. The highest BCUT2D eigenvalue weighted by atomic mass is 35.5. The highest BCUT2D eigenvalue weighted by Gasteiger charge is 2.28. The number of ether oxygens (including phenoxy) is 1. The summed E-state index contributed by atoms with van der Waals surface area (Å²) in [6.45, 7) is 0.746. The summed E-state index contributed by atoms with van der Waals surface area (Å²) in [6.07, 6.45) is 3.86. The lowest BCUT2D eigenvalue weighted by Gasteiger charge is -2.14. The number of benzene rings is 3. The Bertz CT molecular complexity index is 1050. The van der Waals surface area contributed by atoms with E-state index < -0.39 is 6.09 Å². The predicted octanol–water partition coefficient (Wildman–Crippen LogP) is 5.99. The molecule has 4 rings (SSSR count). The molecule has 0 heterocycles. The fourth-order valence-corrected chi connectivity index (χ4v) is 3.94. The van der Waals surface area contributed by atoms with Crippen molar-refractivity contribution in [1.29, 1.82) is 0 Å². The predicted molar refractivity (Wildman–Crippen MR) is 120 cm³/mol. The molecule has 3 aromatic rings. The molecule has 1 aliphatic rings. The van der Waals surface area contributed by atoms with Gasteiger partial charge in [0.25, 0.3) is 0 Å². The van der Waals surface area contributed by atoms with Gasteiger partial charge in [-0.05, 0) is 46.9 Å². The molecule has 3 aromatic carbocycles. The van der Waals surface area contributed by atoms with Crippen LogP contribution in [0.4, 0.5) is 4.79 Å². The molecule has 0 aromatic heterocycles. The average Bonchev–Trinajstić information content (AvgIpc) is 3.07. The van der Waals surface area contributed by atoms with Gasteiger partial charge in [0.05, 0.1) is 0 Å². The van der Waals surface area contributed by atoms with Crippen molar-refractivity contribution in [2.24, 2.45) is 0 Å². The van der Waals surface area contributed by atoms with E-state index in [1.807, 2.05) is 30.3 Å². The number of phenols is 1. The zero-order valence-corrected chi connectivity index (χ0v) is 17.1. The molecule has 0 radical (unpaired) electrons. The topological polar surface area (TPSA) is 58.6 Å². The molecule has 0 unspecified atom stereocenters. The highest BCUT2D eigenvalue weighted by Crippen LogP contribution is 2.44. The Morgan fingerprint density at radius 1 is 1.03 bits per heavy atom. The van der Waals surface area contributed by atoms with Gasteiger partial charge in [0.1, 0.15) is 12.4 Å². The van der Waals surface area contributed by atoms with Crippen molar-refractivity contribution in [2.45, 2.75) is 12.3 Å². The first-order valence-corrected chi connectivity index (χ1v) is 10.2. The van der Waals surface area contributed by atoms with Crippen LogP contribution in [0, 0.1) is 0 Å². The van der Waals surface area contributed by atoms with Crippen molar-refractivity contribution >= 4 is 23.8 Å². The number of carbonyl (C=O) groups excluding carboxylic acids is 1. The molecular weight excluding hydrogens is 398 g/mol.